The Morgan fingerprint density at radius 1 is 1.67 bits per heavy atom. The summed E-state index contributed by atoms with van der Waals surface area (Å²) < 4.78 is 0.535. The van der Waals surface area contributed by atoms with Gasteiger partial charge in [0.2, 0.25) is 0 Å². The van der Waals surface area contributed by atoms with Gasteiger partial charge in [0.1, 0.15) is 4.47 Å². The summed E-state index contributed by atoms with van der Waals surface area (Å²) in [7, 11) is 0. The summed E-state index contributed by atoms with van der Waals surface area (Å²) in [6.07, 6.45) is 4.04. The first kappa shape index (κ1) is 11.0. The first-order valence-electron chi connectivity index (χ1n) is 4.85. The van der Waals surface area contributed by atoms with Crippen molar-refractivity contribution in [2.24, 2.45) is 0 Å². The minimum Gasteiger partial charge on any atom is -0.379 e. The minimum absolute atomic E-state index is 0.191. The zero-order valence-electron chi connectivity index (χ0n) is 8.12. The predicted molar refractivity (Wildman–Crippen MR) is 66.5 cm³/mol. The number of hydrogen-bond acceptors (Lipinski definition) is 4. The highest BCUT2D eigenvalue weighted by Gasteiger charge is 2.15. The number of aromatic amines is 1. The van der Waals surface area contributed by atoms with E-state index in [1.54, 1.807) is 6.20 Å². The summed E-state index contributed by atoms with van der Waals surface area (Å²) in [6.45, 7) is 0. The molecule has 1 aromatic heterocycles. The third-order valence-electron chi connectivity index (χ3n) is 2.32. The van der Waals surface area contributed by atoms with Gasteiger partial charge in [0.15, 0.2) is 0 Å². The van der Waals surface area contributed by atoms with Crippen molar-refractivity contribution in [2.75, 3.05) is 16.8 Å². The van der Waals surface area contributed by atoms with E-state index in [-0.39, 0.29) is 5.56 Å². The van der Waals surface area contributed by atoms with Gasteiger partial charge in [-0.2, -0.15) is 16.9 Å². The van der Waals surface area contributed by atoms with Gasteiger partial charge >= 0.3 is 0 Å². The van der Waals surface area contributed by atoms with Crippen LogP contribution in [0.5, 0.6) is 0 Å². The van der Waals surface area contributed by atoms with Crippen molar-refractivity contribution >= 4 is 33.4 Å². The van der Waals surface area contributed by atoms with E-state index in [0.29, 0.717) is 10.5 Å². The molecule has 82 valence electrons. The van der Waals surface area contributed by atoms with Crippen LogP contribution in [0.4, 0.5) is 5.69 Å². The normalized spacial score (nSPS) is 21.3. The Hall–Kier alpha value is -0.490. The van der Waals surface area contributed by atoms with Crippen molar-refractivity contribution in [3.63, 3.8) is 0 Å². The van der Waals surface area contributed by atoms with Crippen molar-refractivity contribution < 1.29 is 0 Å². The van der Waals surface area contributed by atoms with Crippen molar-refractivity contribution in [3.05, 3.63) is 21.0 Å². The Morgan fingerprint density at radius 2 is 2.53 bits per heavy atom. The Morgan fingerprint density at radius 3 is 3.27 bits per heavy atom. The lowest BCUT2D eigenvalue weighted by Gasteiger charge is -2.23. The molecule has 1 unspecified atom stereocenters. The number of rotatable bonds is 2. The lowest BCUT2D eigenvalue weighted by Crippen LogP contribution is -2.27. The van der Waals surface area contributed by atoms with Gasteiger partial charge in [0, 0.05) is 11.8 Å². The Bertz CT molecular complexity index is 389. The summed E-state index contributed by atoms with van der Waals surface area (Å²) in [4.78, 5) is 11.3. The average molecular weight is 290 g/mol. The number of H-pyrrole nitrogens is 1. The van der Waals surface area contributed by atoms with E-state index >= 15 is 0 Å². The molecule has 0 aromatic carbocycles. The maximum atomic E-state index is 11.3. The van der Waals surface area contributed by atoms with Gasteiger partial charge in [-0.1, -0.05) is 0 Å². The number of aromatic nitrogens is 2. The summed E-state index contributed by atoms with van der Waals surface area (Å²) in [5, 5.41) is 9.49. The largest absolute Gasteiger partial charge is 0.379 e. The van der Waals surface area contributed by atoms with Crippen LogP contribution in [0.3, 0.4) is 0 Å². The van der Waals surface area contributed by atoms with Crippen LogP contribution in [-0.4, -0.2) is 27.7 Å². The highest BCUT2D eigenvalue weighted by Crippen LogP contribution is 2.23. The van der Waals surface area contributed by atoms with Crippen LogP contribution >= 0.6 is 27.7 Å². The van der Waals surface area contributed by atoms with Gasteiger partial charge in [0.05, 0.1) is 11.9 Å². The van der Waals surface area contributed by atoms with Crippen LogP contribution in [-0.2, 0) is 0 Å². The SMILES string of the molecule is O=c1[nH]ncc(NC2CCCSC2)c1Br. The molecular weight excluding hydrogens is 278 g/mol. The Balaban J connectivity index is 2.09. The highest BCUT2D eigenvalue weighted by atomic mass is 79.9. The molecule has 0 spiro atoms. The quantitative estimate of drug-likeness (QED) is 0.872. The van der Waals surface area contributed by atoms with Crippen LogP contribution in [0.15, 0.2) is 15.5 Å². The van der Waals surface area contributed by atoms with E-state index in [1.807, 2.05) is 11.8 Å². The zero-order valence-corrected chi connectivity index (χ0v) is 10.5. The number of nitrogens with zero attached hydrogens (tertiary/aromatic N) is 1. The van der Waals surface area contributed by atoms with E-state index in [2.05, 4.69) is 31.4 Å². The molecule has 0 saturated carbocycles. The van der Waals surface area contributed by atoms with Gasteiger partial charge in [-0.05, 0) is 34.5 Å². The Kier molecular flexibility index (Phi) is 3.69. The molecule has 1 saturated heterocycles. The highest BCUT2D eigenvalue weighted by molar-refractivity contribution is 9.10. The Labute approximate surface area is 100 Å². The molecule has 0 aliphatic carbocycles. The molecule has 1 aliphatic rings. The summed E-state index contributed by atoms with van der Waals surface area (Å²) in [6, 6.07) is 0.448. The molecule has 2 N–H and O–H groups in total. The maximum absolute atomic E-state index is 11.3. The second kappa shape index (κ2) is 5.03. The van der Waals surface area contributed by atoms with Crippen LogP contribution in [0.25, 0.3) is 0 Å². The van der Waals surface area contributed by atoms with E-state index in [0.717, 1.165) is 17.9 Å². The molecule has 1 aliphatic heterocycles. The topological polar surface area (TPSA) is 57.8 Å². The van der Waals surface area contributed by atoms with Gasteiger partial charge in [-0.3, -0.25) is 4.79 Å². The summed E-state index contributed by atoms with van der Waals surface area (Å²) in [5.74, 6) is 2.34. The van der Waals surface area contributed by atoms with E-state index in [9.17, 15) is 4.79 Å². The molecule has 6 heteroatoms. The predicted octanol–water partition coefficient (Wildman–Crippen LogP) is 1.84. The number of thioether (sulfide) groups is 1. The molecule has 2 rings (SSSR count). The first-order chi connectivity index (χ1) is 7.27. The summed E-state index contributed by atoms with van der Waals surface area (Å²) >= 11 is 5.20. The number of hydrogen-bond donors (Lipinski definition) is 2. The number of nitrogens with one attached hydrogen (secondary N) is 2. The third kappa shape index (κ3) is 2.75. The van der Waals surface area contributed by atoms with Crippen LogP contribution in [0.2, 0.25) is 0 Å². The molecule has 0 amide bonds. The van der Waals surface area contributed by atoms with Gasteiger partial charge in [-0.15, -0.1) is 0 Å². The fourth-order valence-corrected chi connectivity index (χ4v) is 2.94. The van der Waals surface area contributed by atoms with Crippen molar-refractivity contribution in [3.8, 4) is 0 Å². The molecular formula is C9H12BrN3OS. The average Bonchev–Trinajstić information content (AvgIpc) is 2.26. The number of halogens is 1. The van der Waals surface area contributed by atoms with Gasteiger partial charge in [0.25, 0.3) is 5.56 Å². The molecule has 1 aromatic rings. The van der Waals surface area contributed by atoms with Crippen molar-refractivity contribution in [2.45, 2.75) is 18.9 Å². The number of anilines is 1. The second-order valence-corrected chi connectivity index (χ2v) is 5.43. The molecule has 15 heavy (non-hydrogen) atoms. The lowest BCUT2D eigenvalue weighted by atomic mass is 10.2. The molecule has 2 heterocycles. The standard InChI is InChI=1S/C9H12BrN3OS/c10-8-7(4-11-13-9(8)14)12-6-2-1-3-15-5-6/h4,6H,1-3,5H2,(H2,12,13,14). The van der Waals surface area contributed by atoms with E-state index in [4.69, 9.17) is 0 Å². The van der Waals surface area contributed by atoms with Gasteiger partial charge < -0.3 is 5.32 Å². The summed E-state index contributed by atoms with van der Waals surface area (Å²) in [5.41, 5.74) is 0.592. The third-order valence-corrected chi connectivity index (χ3v) is 4.32. The molecule has 0 radical (unpaired) electrons. The van der Waals surface area contributed by atoms with E-state index in [1.165, 1.54) is 12.2 Å². The maximum Gasteiger partial charge on any atom is 0.280 e. The fourth-order valence-electron chi connectivity index (χ4n) is 1.56. The smallest absolute Gasteiger partial charge is 0.280 e. The zero-order chi connectivity index (χ0) is 10.7. The van der Waals surface area contributed by atoms with Crippen LogP contribution < -0.4 is 10.9 Å². The fraction of sp³-hybridized carbons (Fsp3) is 0.556. The molecule has 1 fully saturated rings. The minimum atomic E-state index is -0.191. The van der Waals surface area contributed by atoms with Crippen LogP contribution in [0.1, 0.15) is 12.8 Å². The monoisotopic (exact) mass is 289 g/mol. The first-order valence-corrected chi connectivity index (χ1v) is 6.79. The second-order valence-electron chi connectivity index (χ2n) is 3.49. The van der Waals surface area contributed by atoms with Gasteiger partial charge in [-0.25, -0.2) is 5.10 Å². The molecule has 4 nitrogen and oxygen atoms in total. The van der Waals surface area contributed by atoms with E-state index < -0.39 is 0 Å². The molecule has 0 bridgehead atoms. The van der Waals surface area contributed by atoms with Crippen molar-refractivity contribution in [1.29, 1.82) is 0 Å². The molecule has 1 atom stereocenters. The lowest BCUT2D eigenvalue weighted by molar-refractivity contribution is 0.683. The van der Waals surface area contributed by atoms with Crippen LogP contribution in [0, 0.1) is 0 Å². The van der Waals surface area contributed by atoms with Crippen molar-refractivity contribution in [1.82, 2.24) is 10.2 Å².